The number of carbonyl (C=O) groups excluding carboxylic acids is 10. The SMILES string of the molecule is C=CCO[C@H]1OC([C@H](OCC=C)C(N)=O)[C@H](OC(N)=O)[C@H]1O[C@@H]1O[C@H](CO[Si](c2ccccc2)(c2ccccc2)C(C)(C)C)[C@@H](O[C@@H]2O[C@H](COC(C)=O)[C@@H](OC(C)=O)[C@H](OC(C)=O)[C@H]2N2C(=O)c3ccccc3C2=O)[C@H](OC(C)=O)[C@H]1N1C(=O)c2ccccc2C1=O. The van der Waals surface area contributed by atoms with Gasteiger partial charge in [0.05, 0.1) is 42.1 Å². The lowest BCUT2D eigenvalue weighted by Crippen LogP contribution is -2.72. The van der Waals surface area contributed by atoms with Crippen LogP contribution in [0.4, 0.5) is 4.79 Å². The van der Waals surface area contributed by atoms with Crippen LogP contribution in [0.15, 0.2) is 135 Å². The van der Waals surface area contributed by atoms with Crippen LogP contribution in [0.1, 0.15) is 89.9 Å². The number of hydrogen-bond donors (Lipinski definition) is 2. The van der Waals surface area contributed by atoms with E-state index >= 15 is 9.59 Å². The van der Waals surface area contributed by atoms with E-state index < -0.39 is 178 Å². The molecule has 5 heterocycles. The average Bonchev–Trinajstić information content (AvgIpc) is 1.73. The molecule has 6 amide bonds. The number of nitrogens with zero attached hydrogens (tertiary/aromatic N) is 2. The Balaban J connectivity index is 1.31. The maximum atomic E-state index is 15.3. The van der Waals surface area contributed by atoms with Crippen molar-refractivity contribution in [2.75, 3.05) is 26.4 Å². The Bertz CT molecular complexity index is 3400. The van der Waals surface area contributed by atoms with E-state index in [0.29, 0.717) is 9.80 Å². The number of nitrogens with two attached hydrogens (primary N) is 2. The van der Waals surface area contributed by atoms with Gasteiger partial charge in [-0.15, -0.1) is 13.2 Å². The first-order valence-corrected chi connectivity index (χ1v) is 31.6. The van der Waals surface area contributed by atoms with Crippen LogP contribution in [0.25, 0.3) is 0 Å². The third-order valence-corrected chi connectivity index (χ3v) is 21.1. The van der Waals surface area contributed by atoms with Crippen molar-refractivity contribution in [1.29, 1.82) is 0 Å². The Morgan fingerprint density at radius 2 is 0.946 bits per heavy atom. The van der Waals surface area contributed by atoms with Gasteiger partial charge in [-0.05, 0) is 39.7 Å². The van der Waals surface area contributed by atoms with Crippen molar-refractivity contribution in [1.82, 2.24) is 9.80 Å². The van der Waals surface area contributed by atoms with E-state index in [1.165, 1.54) is 60.7 Å². The number of fused-ring (bicyclic) bond motifs is 2. The van der Waals surface area contributed by atoms with Gasteiger partial charge in [-0.2, -0.15) is 0 Å². The average molecular weight is 1310 g/mol. The fourth-order valence-electron chi connectivity index (χ4n) is 12.5. The first kappa shape index (κ1) is 68.5. The smallest absolute Gasteiger partial charge is 0.404 e. The van der Waals surface area contributed by atoms with Crippen molar-refractivity contribution in [3.8, 4) is 0 Å². The second-order valence-electron chi connectivity index (χ2n) is 23.3. The molecule has 4 aromatic carbocycles. The van der Waals surface area contributed by atoms with Gasteiger partial charge in [0.25, 0.3) is 31.9 Å². The summed E-state index contributed by atoms with van der Waals surface area (Å²) < 4.78 is 83.2. The number of benzene rings is 4. The molecule has 494 valence electrons. The maximum absolute atomic E-state index is 15.3. The van der Waals surface area contributed by atoms with Gasteiger partial charge in [0.1, 0.15) is 43.1 Å². The molecule has 28 heteroatoms. The highest BCUT2D eigenvalue weighted by atomic mass is 28.4. The molecule has 9 rings (SSSR count). The quantitative estimate of drug-likeness (QED) is 0.0317. The summed E-state index contributed by atoms with van der Waals surface area (Å²) in [5.41, 5.74) is 11.1. The fourth-order valence-corrected chi connectivity index (χ4v) is 17.1. The van der Waals surface area contributed by atoms with E-state index in [1.54, 1.807) is 0 Å². The number of amides is 6. The highest BCUT2D eigenvalue weighted by molar-refractivity contribution is 6.99. The van der Waals surface area contributed by atoms with E-state index in [0.717, 1.165) is 38.1 Å². The minimum atomic E-state index is -3.78. The molecular weight excluding hydrogens is 1230 g/mol. The van der Waals surface area contributed by atoms with Crippen LogP contribution < -0.4 is 21.8 Å². The highest BCUT2D eigenvalue weighted by Gasteiger charge is 2.64. The predicted octanol–water partition coefficient (Wildman–Crippen LogP) is 2.92. The molecule has 27 nitrogen and oxygen atoms in total. The first-order valence-electron chi connectivity index (χ1n) is 29.6. The molecule has 5 aliphatic heterocycles. The Morgan fingerprint density at radius 3 is 1.35 bits per heavy atom. The number of imide groups is 2. The van der Waals surface area contributed by atoms with Gasteiger partial charge >= 0.3 is 30.0 Å². The molecule has 0 radical (unpaired) electrons. The molecule has 0 spiro atoms. The van der Waals surface area contributed by atoms with Crippen LogP contribution in [-0.4, -0.2) is 196 Å². The molecule has 4 N–H and O–H groups in total. The van der Waals surface area contributed by atoms with Crippen molar-refractivity contribution in [2.24, 2.45) is 11.5 Å². The zero-order valence-electron chi connectivity index (χ0n) is 51.9. The van der Waals surface area contributed by atoms with E-state index in [9.17, 15) is 38.4 Å². The lowest BCUT2D eigenvalue weighted by atomic mass is 9.92. The summed E-state index contributed by atoms with van der Waals surface area (Å²) in [6, 6.07) is 25.9. The third-order valence-electron chi connectivity index (χ3n) is 16.1. The summed E-state index contributed by atoms with van der Waals surface area (Å²) in [4.78, 5) is 142. The Labute approximate surface area is 535 Å². The normalized spacial score (nSPS) is 27.1. The summed E-state index contributed by atoms with van der Waals surface area (Å²) in [5.74, 6) is -9.00. The molecule has 3 saturated heterocycles. The molecule has 3 fully saturated rings. The van der Waals surface area contributed by atoms with Crippen LogP contribution >= 0.6 is 0 Å². The van der Waals surface area contributed by atoms with Crippen molar-refractivity contribution in [3.63, 3.8) is 0 Å². The van der Waals surface area contributed by atoms with Crippen LogP contribution in [0.3, 0.4) is 0 Å². The number of carbonyl (C=O) groups is 10. The lowest BCUT2D eigenvalue weighted by molar-refractivity contribution is -0.350. The van der Waals surface area contributed by atoms with Gasteiger partial charge < -0.3 is 72.7 Å². The number of primary amides is 2. The molecule has 0 saturated carbocycles. The fraction of sp³-hybridized carbons (Fsp3) is 0.415. The van der Waals surface area contributed by atoms with Gasteiger partial charge in [-0.3, -0.25) is 53.0 Å². The summed E-state index contributed by atoms with van der Waals surface area (Å²) in [7, 11) is -3.78. The monoisotopic (exact) mass is 1300 g/mol. The zero-order valence-corrected chi connectivity index (χ0v) is 52.9. The van der Waals surface area contributed by atoms with Crippen LogP contribution in [0.5, 0.6) is 0 Å². The molecule has 5 aliphatic rings. The zero-order chi connectivity index (χ0) is 67.2. The van der Waals surface area contributed by atoms with E-state index in [1.807, 2.05) is 81.4 Å². The van der Waals surface area contributed by atoms with E-state index in [4.69, 9.17) is 72.7 Å². The second kappa shape index (κ2) is 29.0. The van der Waals surface area contributed by atoms with Gasteiger partial charge in [-0.25, -0.2) is 4.79 Å². The summed E-state index contributed by atoms with van der Waals surface area (Å²) >= 11 is 0. The van der Waals surface area contributed by atoms with E-state index in [2.05, 4.69) is 13.2 Å². The molecule has 15 atom stereocenters. The lowest BCUT2D eigenvalue weighted by Gasteiger charge is -2.52. The molecule has 1 unspecified atom stereocenters. The molecule has 4 aromatic rings. The van der Waals surface area contributed by atoms with Gasteiger partial charge in [-0.1, -0.05) is 118 Å². The number of ether oxygens (including phenoxy) is 12. The number of hydrogen-bond acceptors (Lipinski definition) is 23. The van der Waals surface area contributed by atoms with Crippen molar-refractivity contribution < 1.29 is 109 Å². The molecule has 0 aliphatic carbocycles. The van der Waals surface area contributed by atoms with E-state index in [-0.39, 0.29) is 35.5 Å². The van der Waals surface area contributed by atoms with Crippen molar-refractivity contribution in [3.05, 3.63) is 157 Å². The Hall–Kier alpha value is -8.84. The van der Waals surface area contributed by atoms with Crippen LogP contribution in [-0.2, 0) is 85.2 Å². The topological polar surface area (TPSA) is 349 Å². The highest BCUT2D eigenvalue weighted by Crippen LogP contribution is 2.44. The molecular formula is C65H72N4O23Si. The Kier molecular flexibility index (Phi) is 21.4. The predicted molar refractivity (Wildman–Crippen MR) is 324 cm³/mol. The maximum Gasteiger partial charge on any atom is 0.404 e. The van der Waals surface area contributed by atoms with Crippen LogP contribution in [0.2, 0.25) is 5.04 Å². The van der Waals surface area contributed by atoms with Crippen molar-refractivity contribution >= 4 is 78.2 Å². The minimum Gasteiger partial charge on any atom is -0.463 e. The summed E-state index contributed by atoms with van der Waals surface area (Å²) in [5, 5.41) is 0.692. The second-order valence-corrected chi connectivity index (χ2v) is 27.6. The van der Waals surface area contributed by atoms with Gasteiger partial charge in [0, 0.05) is 27.7 Å². The minimum absolute atomic E-state index is 0.114. The number of rotatable bonds is 25. The Morgan fingerprint density at radius 1 is 0.527 bits per heavy atom. The largest absolute Gasteiger partial charge is 0.463 e. The first-order chi connectivity index (χ1) is 44.3. The van der Waals surface area contributed by atoms with Crippen molar-refractivity contribution in [2.45, 2.75) is 145 Å². The third kappa shape index (κ3) is 14.1. The molecule has 0 aromatic heterocycles. The van der Waals surface area contributed by atoms with Gasteiger partial charge in [0.15, 0.2) is 55.5 Å². The molecule has 0 bridgehead atoms. The standard InChI is InChI=1S/C65H72N4O23Si/c1-10-30-80-54(56(66)74)52-53(92-64(67)79)55(63(90-52)81-31-11-2)91-62-47(69-59(77)42-28-20-21-29-43(42)60(69)78)51(86-37(6)73)49(45(88-62)33-83-93(65(7,8)9,38-22-14-12-15-23-38)39-24-16-13-17-25-39)89-61-46(68-57(75)40-26-18-19-27-41(40)58(68)76)50(85-36(5)72)48(84-35(4)71)44(87-61)32-82-34(3)70/h10-29,44-55,61-63H,1-2,30-33H2,3-9H3,(H2,66,74)(H2,67,79)/t44-,45-,46-,47-,48-,49-,50-,51-,52?,53+,54+,55-,61+,62+,63+/m1/s1. The molecule has 93 heavy (non-hydrogen) atoms. The van der Waals surface area contributed by atoms with Crippen LogP contribution in [0, 0.1) is 0 Å². The number of esters is 4. The summed E-state index contributed by atoms with van der Waals surface area (Å²) in [6.45, 7) is 15.4. The summed E-state index contributed by atoms with van der Waals surface area (Å²) in [6.07, 6.45) is -23.3. The van der Waals surface area contributed by atoms with Gasteiger partial charge in [0.2, 0.25) is 5.91 Å².